The fourth-order valence-corrected chi connectivity index (χ4v) is 4.71. The van der Waals surface area contributed by atoms with E-state index >= 15 is 0 Å². The Morgan fingerprint density at radius 1 is 1.06 bits per heavy atom. The quantitative estimate of drug-likeness (QED) is 0.718. The molecule has 0 atom stereocenters. The van der Waals surface area contributed by atoms with Gasteiger partial charge >= 0.3 is 0 Å². The highest BCUT2D eigenvalue weighted by molar-refractivity contribution is 5.94. The molecule has 2 saturated heterocycles. The molecular formula is C25H33N5O2. The zero-order valence-corrected chi connectivity index (χ0v) is 19.0. The average Bonchev–Trinajstić information content (AvgIpc) is 2.80. The zero-order chi connectivity index (χ0) is 22.5. The molecule has 32 heavy (non-hydrogen) atoms. The molecule has 1 N–H and O–H groups in total. The molecule has 2 aliphatic rings. The minimum Gasteiger partial charge on any atom is -0.353 e. The summed E-state index contributed by atoms with van der Waals surface area (Å²) in [5.41, 5.74) is 2.12. The van der Waals surface area contributed by atoms with Gasteiger partial charge < -0.3 is 15.1 Å². The lowest BCUT2D eigenvalue weighted by atomic mass is 9.88. The maximum absolute atomic E-state index is 12.6. The Morgan fingerprint density at radius 3 is 2.34 bits per heavy atom. The molecule has 3 heterocycles. The van der Waals surface area contributed by atoms with E-state index in [0.717, 1.165) is 50.3 Å². The standard InChI is InChI=1S/C25H33N5O2/c1-3-18(4-2)25(32)29-14-11-20(12-15-29)19-7-9-22(10-8-19)27-24(31)21-16-30(17-21)23-6-5-13-26-28-23/h5-10,13,18,20-21H,3-4,11-12,14-17H2,1-2H3,(H,27,31). The van der Waals surface area contributed by atoms with E-state index in [-0.39, 0.29) is 17.7 Å². The number of amides is 2. The summed E-state index contributed by atoms with van der Waals surface area (Å²) in [5.74, 6) is 1.78. The van der Waals surface area contributed by atoms with Gasteiger partial charge in [-0.25, -0.2) is 0 Å². The molecule has 1 aromatic carbocycles. The number of hydrogen-bond donors (Lipinski definition) is 1. The van der Waals surface area contributed by atoms with Crippen LogP contribution in [-0.2, 0) is 9.59 Å². The molecule has 2 amide bonds. The van der Waals surface area contributed by atoms with Crippen molar-refractivity contribution in [3.05, 3.63) is 48.2 Å². The van der Waals surface area contributed by atoms with Crippen molar-refractivity contribution in [3.8, 4) is 0 Å². The van der Waals surface area contributed by atoms with Crippen molar-refractivity contribution in [3.63, 3.8) is 0 Å². The maximum atomic E-state index is 12.6. The lowest BCUT2D eigenvalue weighted by Crippen LogP contribution is -2.52. The van der Waals surface area contributed by atoms with Crippen molar-refractivity contribution in [2.75, 3.05) is 36.4 Å². The molecule has 170 valence electrons. The van der Waals surface area contributed by atoms with E-state index in [2.05, 4.69) is 46.4 Å². The van der Waals surface area contributed by atoms with Crippen LogP contribution >= 0.6 is 0 Å². The molecule has 0 unspecified atom stereocenters. The van der Waals surface area contributed by atoms with Crippen molar-refractivity contribution in [2.45, 2.75) is 45.4 Å². The molecule has 2 aromatic rings. The van der Waals surface area contributed by atoms with E-state index in [4.69, 9.17) is 0 Å². The summed E-state index contributed by atoms with van der Waals surface area (Å²) < 4.78 is 0. The fraction of sp³-hybridized carbons (Fsp3) is 0.520. The van der Waals surface area contributed by atoms with Crippen LogP contribution in [0.3, 0.4) is 0 Å². The second kappa shape index (κ2) is 10.1. The third-order valence-corrected chi connectivity index (χ3v) is 6.93. The highest BCUT2D eigenvalue weighted by Gasteiger charge is 2.33. The second-order valence-corrected chi connectivity index (χ2v) is 8.91. The number of likely N-dealkylation sites (tertiary alicyclic amines) is 1. The van der Waals surface area contributed by atoms with Gasteiger partial charge in [0.1, 0.15) is 0 Å². The Bertz CT molecular complexity index is 900. The van der Waals surface area contributed by atoms with Gasteiger partial charge in [0.25, 0.3) is 0 Å². The van der Waals surface area contributed by atoms with Crippen LogP contribution in [-0.4, -0.2) is 53.1 Å². The first-order valence-corrected chi connectivity index (χ1v) is 11.8. The number of hydrogen-bond acceptors (Lipinski definition) is 5. The number of piperidine rings is 1. The third-order valence-electron chi connectivity index (χ3n) is 6.93. The molecule has 1 aromatic heterocycles. The second-order valence-electron chi connectivity index (χ2n) is 8.91. The Labute approximate surface area is 190 Å². The highest BCUT2D eigenvalue weighted by atomic mass is 16.2. The van der Waals surface area contributed by atoms with Crippen LogP contribution < -0.4 is 10.2 Å². The molecule has 7 heteroatoms. The molecule has 0 radical (unpaired) electrons. The predicted molar refractivity (Wildman–Crippen MR) is 125 cm³/mol. The zero-order valence-electron chi connectivity index (χ0n) is 19.0. The van der Waals surface area contributed by atoms with Gasteiger partial charge in [0.05, 0.1) is 5.92 Å². The Balaban J connectivity index is 1.24. The van der Waals surface area contributed by atoms with Gasteiger partial charge in [0.2, 0.25) is 11.8 Å². The van der Waals surface area contributed by atoms with Crippen LogP contribution in [0.1, 0.15) is 51.0 Å². The lowest BCUT2D eigenvalue weighted by Gasteiger charge is -2.38. The van der Waals surface area contributed by atoms with Crippen LogP contribution in [0.2, 0.25) is 0 Å². The Morgan fingerprint density at radius 2 is 1.75 bits per heavy atom. The molecule has 7 nitrogen and oxygen atoms in total. The summed E-state index contributed by atoms with van der Waals surface area (Å²) in [7, 11) is 0. The molecule has 4 rings (SSSR count). The van der Waals surface area contributed by atoms with Crippen LogP contribution in [0.25, 0.3) is 0 Å². The SMILES string of the molecule is CCC(CC)C(=O)N1CCC(c2ccc(NC(=O)C3CN(c4cccnn4)C3)cc2)CC1. The van der Waals surface area contributed by atoms with E-state index in [1.165, 1.54) is 5.56 Å². The van der Waals surface area contributed by atoms with Crippen LogP contribution in [0.5, 0.6) is 0 Å². The summed E-state index contributed by atoms with van der Waals surface area (Å²) in [6.07, 6.45) is 5.48. The lowest BCUT2D eigenvalue weighted by molar-refractivity contribution is -0.136. The number of aromatic nitrogens is 2. The summed E-state index contributed by atoms with van der Waals surface area (Å²) in [6.45, 7) is 7.19. The Kier molecular flexibility index (Phi) is 7.02. The van der Waals surface area contributed by atoms with Crippen molar-refractivity contribution >= 4 is 23.3 Å². The number of nitrogens with one attached hydrogen (secondary N) is 1. The molecule has 0 saturated carbocycles. The number of carbonyl (C=O) groups excluding carboxylic acids is 2. The van der Waals surface area contributed by atoms with E-state index in [0.29, 0.717) is 24.9 Å². The smallest absolute Gasteiger partial charge is 0.231 e. The molecule has 2 fully saturated rings. The van der Waals surface area contributed by atoms with Crippen molar-refractivity contribution in [1.29, 1.82) is 0 Å². The van der Waals surface area contributed by atoms with Crippen LogP contribution in [0, 0.1) is 11.8 Å². The topological polar surface area (TPSA) is 78.4 Å². The Hall–Kier alpha value is -2.96. The van der Waals surface area contributed by atoms with Gasteiger partial charge in [-0.05, 0) is 61.4 Å². The minimum absolute atomic E-state index is 0.0337. The van der Waals surface area contributed by atoms with Gasteiger partial charge in [-0.2, -0.15) is 5.10 Å². The number of rotatable bonds is 7. The van der Waals surface area contributed by atoms with E-state index in [1.54, 1.807) is 6.20 Å². The predicted octanol–water partition coefficient (Wildman–Crippen LogP) is 3.69. The summed E-state index contributed by atoms with van der Waals surface area (Å²) in [6, 6.07) is 12.0. The monoisotopic (exact) mass is 435 g/mol. The normalized spacial score (nSPS) is 17.3. The van der Waals surface area contributed by atoms with E-state index < -0.39 is 0 Å². The number of carbonyl (C=O) groups is 2. The number of anilines is 2. The van der Waals surface area contributed by atoms with Gasteiger partial charge in [-0.15, -0.1) is 5.10 Å². The fourth-order valence-electron chi connectivity index (χ4n) is 4.71. The van der Waals surface area contributed by atoms with E-state index in [9.17, 15) is 9.59 Å². The average molecular weight is 436 g/mol. The van der Waals surface area contributed by atoms with Crippen molar-refractivity contribution < 1.29 is 9.59 Å². The molecule has 0 bridgehead atoms. The van der Waals surface area contributed by atoms with Gasteiger partial charge in [0, 0.05) is 44.0 Å². The molecule has 2 aliphatic heterocycles. The van der Waals surface area contributed by atoms with Gasteiger partial charge in [-0.3, -0.25) is 9.59 Å². The van der Waals surface area contributed by atoms with E-state index in [1.807, 2.05) is 29.2 Å². The van der Waals surface area contributed by atoms with Crippen molar-refractivity contribution in [1.82, 2.24) is 15.1 Å². The largest absolute Gasteiger partial charge is 0.353 e. The van der Waals surface area contributed by atoms with Gasteiger partial charge in [-0.1, -0.05) is 26.0 Å². The maximum Gasteiger partial charge on any atom is 0.231 e. The summed E-state index contributed by atoms with van der Waals surface area (Å²) in [4.78, 5) is 29.3. The first-order chi connectivity index (χ1) is 15.6. The van der Waals surface area contributed by atoms with Crippen molar-refractivity contribution in [2.24, 2.45) is 11.8 Å². The molecule has 0 spiro atoms. The van der Waals surface area contributed by atoms with Crippen LogP contribution in [0.15, 0.2) is 42.6 Å². The minimum atomic E-state index is -0.0337. The summed E-state index contributed by atoms with van der Waals surface area (Å²) in [5, 5.41) is 11.0. The number of benzene rings is 1. The van der Waals surface area contributed by atoms with Crippen LogP contribution in [0.4, 0.5) is 11.5 Å². The third kappa shape index (κ3) is 4.92. The first-order valence-electron chi connectivity index (χ1n) is 11.8. The van der Waals surface area contributed by atoms with Gasteiger partial charge in [0.15, 0.2) is 5.82 Å². The highest BCUT2D eigenvalue weighted by Crippen LogP contribution is 2.30. The molecule has 0 aliphatic carbocycles. The first kappa shape index (κ1) is 22.2. The molecular weight excluding hydrogens is 402 g/mol. The number of nitrogens with zero attached hydrogens (tertiary/aromatic N) is 4. The summed E-state index contributed by atoms with van der Waals surface area (Å²) >= 11 is 0.